The van der Waals surface area contributed by atoms with Crippen molar-refractivity contribution < 1.29 is 14.3 Å². The van der Waals surface area contributed by atoms with Crippen LogP contribution in [-0.4, -0.2) is 24.2 Å². The van der Waals surface area contributed by atoms with Crippen LogP contribution in [0.25, 0.3) is 10.8 Å². The van der Waals surface area contributed by atoms with Crippen molar-refractivity contribution in [1.29, 1.82) is 0 Å². The third-order valence-electron chi connectivity index (χ3n) is 4.09. The molecule has 2 aromatic carbocycles. The summed E-state index contributed by atoms with van der Waals surface area (Å²) >= 11 is 0. The number of fused-ring (bicyclic) bond motifs is 1. The summed E-state index contributed by atoms with van der Waals surface area (Å²) in [6.45, 7) is 10.1. The summed E-state index contributed by atoms with van der Waals surface area (Å²) in [4.78, 5) is 12.5. The molecule has 0 aromatic heterocycles. The van der Waals surface area contributed by atoms with E-state index in [1.165, 1.54) is 0 Å². The molecule has 0 aliphatic heterocycles. The molecule has 0 aliphatic rings. The molecule has 4 heteroatoms. The van der Waals surface area contributed by atoms with Crippen molar-refractivity contribution in [2.24, 2.45) is 0 Å². The second kappa shape index (κ2) is 7.67. The molecule has 0 bridgehead atoms. The van der Waals surface area contributed by atoms with Crippen LogP contribution in [0.4, 0.5) is 5.69 Å². The van der Waals surface area contributed by atoms with Crippen molar-refractivity contribution in [2.75, 3.05) is 11.9 Å². The van der Waals surface area contributed by atoms with Crippen LogP contribution in [0.15, 0.2) is 36.4 Å². The first-order chi connectivity index (χ1) is 11.4. The highest BCUT2D eigenvalue weighted by molar-refractivity contribution is 6.06. The summed E-state index contributed by atoms with van der Waals surface area (Å²) in [6, 6.07) is 11.7. The zero-order chi connectivity index (χ0) is 17.7. The summed E-state index contributed by atoms with van der Waals surface area (Å²) in [7, 11) is 0. The average Bonchev–Trinajstić information content (AvgIpc) is 2.56. The lowest BCUT2D eigenvalue weighted by Gasteiger charge is -2.24. The summed E-state index contributed by atoms with van der Waals surface area (Å²) in [6.07, 6.45) is 1.08. The minimum Gasteiger partial charge on any atom is -0.490 e. The van der Waals surface area contributed by atoms with Crippen LogP contribution in [0.2, 0.25) is 0 Å². The maximum Gasteiger partial charge on any atom is 0.256 e. The van der Waals surface area contributed by atoms with Crippen LogP contribution in [-0.2, 0) is 9.53 Å². The lowest BCUT2D eigenvalue weighted by Crippen LogP contribution is -2.39. The molecule has 0 radical (unpaired) electrons. The van der Waals surface area contributed by atoms with Gasteiger partial charge in [0.2, 0.25) is 0 Å². The number of rotatable bonds is 7. The third-order valence-corrected chi connectivity index (χ3v) is 4.09. The van der Waals surface area contributed by atoms with E-state index in [2.05, 4.69) is 19.2 Å². The van der Waals surface area contributed by atoms with Gasteiger partial charge in [0.25, 0.3) is 5.91 Å². The van der Waals surface area contributed by atoms with E-state index in [9.17, 15) is 4.79 Å². The number of nitrogens with one attached hydrogen (secondary N) is 1. The van der Waals surface area contributed by atoms with Gasteiger partial charge in [-0.3, -0.25) is 4.79 Å². The summed E-state index contributed by atoms with van der Waals surface area (Å²) in [5, 5.41) is 4.93. The predicted molar refractivity (Wildman–Crippen MR) is 98.7 cm³/mol. The molecule has 4 nitrogen and oxygen atoms in total. The second-order valence-electron chi connectivity index (χ2n) is 6.39. The molecule has 1 N–H and O–H groups in total. The van der Waals surface area contributed by atoms with Gasteiger partial charge in [0, 0.05) is 23.1 Å². The number of anilines is 1. The van der Waals surface area contributed by atoms with Crippen molar-refractivity contribution in [3.63, 3.8) is 0 Å². The third kappa shape index (κ3) is 4.06. The Balaban J connectivity index is 2.36. The van der Waals surface area contributed by atoms with Crippen LogP contribution in [0.5, 0.6) is 5.75 Å². The zero-order valence-corrected chi connectivity index (χ0v) is 15.2. The van der Waals surface area contributed by atoms with Gasteiger partial charge in [-0.15, -0.1) is 0 Å². The van der Waals surface area contributed by atoms with Gasteiger partial charge in [0.1, 0.15) is 11.4 Å². The Bertz CT molecular complexity index is 709. The first-order valence-electron chi connectivity index (χ1n) is 8.52. The second-order valence-corrected chi connectivity index (χ2v) is 6.39. The number of hydrogen-bond acceptors (Lipinski definition) is 3. The van der Waals surface area contributed by atoms with Crippen LogP contribution in [0.3, 0.4) is 0 Å². The van der Waals surface area contributed by atoms with E-state index in [0.717, 1.165) is 28.6 Å². The van der Waals surface area contributed by atoms with E-state index in [1.807, 2.05) is 43.3 Å². The number of carbonyl (C=O) groups excluding carboxylic acids is 1. The highest BCUT2D eigenvalue weighted by atomic mass is 16.5. The first kappa shape index (κ1) is 18.3. The molecule has 1 atom stereocenters. The smallest absolute Gasteiger partial charge is 0.256 e. The average molecular weight is 329 g/mol. The maximum atomic E-state index is 12.5. The van der Waals surface area contributed by atoms with Gasteiger partial charge < -0.3 is 14.8 Å². The van der Waals surface area contributed by atoms with Crippen molar-refractivity contribution in [3.05, 3.63) is 36.4 Å². The van der Waals surface area contributed by atoms with E-state index in [-0.39, 0.29) is 12.0 Å². The molecule has 0 saturated carbocycles. The van der Waals surface area contributed by atoms with E-state index < -0.39 is 5.60 Å². The molecule has 0 spiro atoms. The quantitative estimate of drug-likeness (QED) is 0.796. The Morgan fingerprint density at radius 1 is 1.12 bits per heavy atom. The Morgan fingerprint density at radius 3 is 2.42 bits per heavy atom. The van der Waals surface area contributed by atoms with E-state index >= 15 is 0 Å². The molecule has 0 saturated heterocycles. The molecule has 2 aromatic rings. The van der Waals surface area contributed by atoms with Gasteiger partial charge in [0.05, 0.1) is 6.10 Å². The highest BCUT2D eigenvalue weighted by Crippen LogP contribution is 2.33. The van der Waals surface area contributed by atoms with Crippen LogP contribution >= 0.6 is 0 Å². The Labute approximate surface area is 144 Å². The molecule has 24 heavy (non-hydrogen) atoms. The summed E-state index contributed by atoms with van der Waals surface area (Å²) in [5.41, 5.74) is -0.109. The van der Waals surface area contributed by atoms with E-state index in [4.69, 9.17) is 9.47 Å². The van der Waals surface area contributed by atoms with Crippen molar-refractivity contribution in [1.82, 2.24) is 0 Å². The molecule has 1 unspecified atom stereocenters. The maximum absolute atomic E-state index is 12.5. The fraction of sp³-hybridized carbons (Fsp3) is 0.450. The van der Waals surface area contributed by atoms with Gasteiger partial charge in [-0.2, -0.15) is 0 Å². The van der Waals surface area contributed by atoms with Gasteiger partial charge in [-0.1, -0.05) is 31.2 Å². The fourth-order valence-electron chi connectivity index (χ4n) is 2.48. The summed E-state index contributed by atoms with van der Waals surface area (Å²) in [5.74, 6) is 0.673. The monoisotopic (exact) mass is 329 g/mol. The minimum atomic E-state index is -0.873. The number of hydrogen-bond donors (Lipinski definition) is 1. The van der Waals surface area contributed by atoms with E-state index in [0.29, 0.717) is 6.61 Å². The minimum absolute atomic E-state index is 0.144. The number of carbonyl (C=O) groups is 1. The molecular weight excluding hydrogens is 302 g/mol. The normalized spacial score (nSPS) is 12.9. The largest absolute Gasteiger partial charge is 0.490 e. The van der Waals surface area contributed by atoms with Crippen LogP contribution in [0.1, 0.15) is 41.0 Å². The van der Waals surface area contributed by atoms with Gasteiger partial charge in [0.15, 0.2) is 0 Å². The number of ether oxygens (including phenoxy) is 2. The Kier molecular flexibility index (Phi) is 5.84. The molecular formula is C20H27NO3. The Hall–Kier alpha value is -2.07. The predicted octanol–water partition coefficient (Wildman–Crippen LogP) is 4.77. The fourth-order valence-corrected chi connectivity index (χ4v) is 2.48. The van der Waals surface area contributed by atoms with Crippen molar-refractivity contribution in [2.45, 2.75) is 52.7 Å². The highest BCUT2D eigenvalue weighted by Gasteiger charge is 2.28. The zero-order valence-electron chi connectivity index (χ0n) is 15.2. The lowest BCUT2D eigenvalue weighted by molar-refractivity contribution is -0.136. The molecule has 0 fully saturated rings. The SMILES string of the molecule is CCOC(C)(C)C(=O)Nc1ccc(OC(C)CC)c2ccccc12. The van der Waals surface area contributed by atoms with Gasteiger partial charge in [-0.25, -0.2) is 0 Å². The number of amides is 1. The molecule has 130 valence electrons. The lowest BCUT2D eigenvalue weighted by atomic mass is 10.1. The Morgan fingerprint density at radius 2 is 1.79 bits per heavy atom. The molecule has 0 aliphatic carbocycles. The van der Waals surface area contributed by atoms with Gasteiger partial charge >= 0.3 is 0 Å². The van der Waals surface area contributed by atoms with Crippen LogP contribution in [0, 0.1) is 0 Å². The van der Waals surface area contributed by atoms with Crippen molar-refractivity contribution >= 4 is 22.4 Å². The standard InChI is InChI=1S/C20H27NO3/c1-6-14(3)24-18-13-12-17(15-10-8-9-11-16(15)18)21-19(22)20(4,5)23-7-2/h8-14H,6-7H2,1-5H3,(H,21,22). The van der Waals surface area contributed by atoms with E-state index in [1.54, 1.807) is 13.8 Å². The van der Waals surface area contributed by atoms with Crippen molar-refractivity contribution in [3.8, 4) is 5.75 Å². The van der Waals surface area contributed by atoms with Crippen LogP contribution < -0.4 is 10.1 Å². The molecule has 0 heterocycles. The first-order valence-corrected chi connectivity index (χ1v) is 8.52. The molecule has 2 rings (SSSR count). The topological polar surface area (TPSA) is 47.6 Å². The number of benzene rings is 2. The van der Waals surface area contributed by atoms with Gasteiger partial charge in [-0.05, 0) is 46.2 Å². The molecule has 1 amide bonds. The summed E-state index contributed by atoms with van der Waals surface area (Å²) < 4.78 is 11.5.